The first-order chi connectivity index (χ1) is 19.8. The number of sulfonamides is 1. The molecule has 0 radical (unpaired) electrons. The number of nitrogens with zero attached hydrogens (tertiary/aromatic N) is 3. The first-order valence-corrected chi connectivity index (χ1v) is 16.7. The highest BCUT2D eigenvalue weighted by Crippen LogP contribution is 2.54. The average molecular weight is 639 g/mol. The van der Waals surface area contributed by atoms with Gasteiger partial charge in [-0.05, 0) is 88.1 Å². The van der Waals surface area contributed by atoms with Gasteiger partial charge < -0.3 is 14.9 Å². The van der Waals surface area contributed by atoms with Gasteiger partial charge in [0, 0.05) is 35.6 Å². The summed E-state index contributed by atoms with van der Waals surface area (Å²) in [5.74, 6) is -1.60. The standard InChI is InChI=1S/C31H41Cl2N3O5S/c1-5-25(20-35(4)42(40,41)26-13-14-26)36-29(21-9-11-23(32)12-10-21)27(22-7-6-8-24(33)17-22)18-31(30(36)39,19-28(37)38)15-16-34(2)3/h6-12,17,25-27,29H,5,13-16,18-20H2,1-4H3,(H,37,38)/t25-,27+,29+,31-/m0/s1. The van der Waals surface area contributed by atoms with Crippen molar-refractivity contribution in [3.05, 3.63) is 69.7 Å². The van der Waals surface area contributed by atoms with Crippen molar-refractivity contribution in [2.75, 3.05) is 34.2 Å². The number of piperidine rings is 1. The summed E-state index contributed by atoms with van der Waals surface area (Å²) in [4.78, 5) is 31.0. The summed E-state index contributed by atoms with van der Waals surface area (Å²) in [6.07, 6.45) is 2.10. The summed E-state index contributed by atoms with van der Waals surface area (Å²) in [6, 6.07) is 13.9. The molecule has 1 heterocycles. The highest BCUT2D eigenvalue weighted by atomic mass is 35.5. The van der Waals surface area contributed by atoms with Crippen LogP contribution in [-0.4, -0.2) is 85.0 Å². The van der Waals surface area contributed by atoms with Gasteiger partial charge in [-0.3, -0.25) is 9.59 Å². The van der Waals surface area contributed by atoms with Crippen LogP contribution in [0.5, 0.6) is 0 Å². The Morgan fingerprint density at radius 2 is 1.74 bits per heavy atom. The molecule has 42 heavy (non-hydrogen) atoms. The molecule has 0 spiro atoms. The van der Waals surface area contributed by atoms with Gasteiger partial charge in [-0.1, -0.05) is 54.4 Å². The van der Waals surface area contributed by atoms with Crippen molar-refractivity contribution in [2.24, 2.45) is 5.41 Å². The third-order valence-electron chi connectivity index (χ3n) is 8.71. The van der Waals surface area contributed by atoms with Crippen LogP contribution in [0.3, 0.4) is 0 Å². The number of aliphatic carboxylic acids is 1. The molecule has 4 rings (SSSR count). The van der Waals surface area contributed by atoms with Crippen LogP contribution in [0, 0.1) is 5.41 Å². The highest BCUT2D eigenvalue weighted by molar-refractivity contribution is 7.90. The van der Waals surface area contributed by atoms with Gasteiger partial charge in [0.25, 0.3) is 0 Å². The first-order valence-electron chi connectivity index (χ1n) is 14.4. The van der Waals surface area contributed by atoms with Crippen LogP contribution in [0.2, 0.25) is 10.0 Å². The molecule has 0 unspecified atom stereocenters. The van der Waals surface area contributed by atoms with Crippen molar-refractivity contribution in [3.63, 3.8) is 0 Å². The summed E-state index contributed by atoms with van der Waals surface area (Å²) in [5.41, 5.74) is 0.543. The molecule has 0 aromatic heterocycles. The first kappa shape index (κ1) is 32.7. The van der Waals surface area contributed by atoms with Crippen molar-refractivity contribution in [1.29, 1.82) is 0 Å². The summed E-state index contributed by atoms with van der Waals surface area (Å²) >= 11 is 12.7. The zero-order valence-electron chi connectivity index (χ0n) is 24.7. The van der Waals surface area contributed by atoms with Crippen molar-refractivity contribution in [1.82, 2.24) is 14.1 Å². The van der Waals surface area contributed by atoms with E-state index >= 15 is 0 Å². The number of hydrogen-bond acceptors (Lipinski definition) is 5. The molecule has 1 amide bonds. The van der Waals surface area contributed by atoms with Gasteiger partial charge in [0.1, 0.15) is 0 Å². The third-order valence-corrected chi connectivity index (χ3v) is 11.5. The van der Waals surface area contributed by atoms with E-state index in [9.17, 15) is 23.1 Å². The second-order valence-corrected chi connectivity index (χ2v) is 15.3. The average Bonchev–Trinajstić information content (AvgIpc) is 3.78. The SMILES string of the molecule is CC[C@@H](CN(C)S(=O)(=O)C1CC1)N1C(=O)[C@](CCN(C)C)(CC(=O)O)C[C@H](c2cccc(Cl)c2)[C@H]1c1ccc(Cl)cc1. The molecule has 8 nitrogen and oxygen atoms in total. The minimum Gasteiger partial charge on any atom is -0.481 e. The Morgan fingerprint density at radius 3 is 2.29 bits per heavy atom. The van der Waals surface area contributed by atoms with Gasteiger partial charge in [0.15, 0.2) is 0 Å². The topological polar surface area (TPSA) is 98.2 Å². The number of likely N-dealkylation sites (tertiary alicyclic amines) is 1. The van der Waals surface area contributed by atoms with Crippen molar-refractivity contribution >= 4 is 45.1 Å². The number of likely N-dealkylation sites (N-methyl/N-ethyl adjacent to an activating group) is 1. The molecule has 1 N–H and O–H groups in total. The second kappa shape index (κ2) is 13.2. The van der Waals surface area contributed by atoms with Crippen molar-refractivity contribution < 1.29 is 23.1 Å². The highest BCUT2D eigenvalue weighted by Gasteiger charge is 2.55. The lowest BCUT2D eigenvalue weighted by molar-refractivity contribution is -0.163. The van der Waals surface area contributed by atoms with E-state index in [1.54, 1.807) is 30.1 Å². The smallest absolute Gasteiger partial charge is 0.304 e. The Morgan fingerprint density at radius 1 is 1.07 bits per heavy atom. The van der Waals surface area contributed by atoms with Gasteiger partial charge in [0.05, 0.1) is 23.1 Å². The van der Waals surface area contributed by atoms with E-state index in [0.717, 1.165) is 11.1 Å². The summed E-state index contributed by atoms with van der Waals surface area (Å²) in [5, 5.41) is 10.8. The normalized spacial score (nSPS) is 23.9. The Balaban J connectivity index is 1.91. The van der Waals surface area contributed by atoms with Crippen LogP contribution >= 0.6 is 23.2 Å². The van der Waals surface area contributed by atoms with E-state index in [2.05, 4.69) is 0 Å². The van der Waals surface area contributed by atoms with Crippen LogP contribution in [0.1, 0.15) is 68.5 Å². The molecule has 1 aliphatic carbocycles. The summed E-state index contributed by atoms with van der Waals surface area (Å²) in [6.45, 7) is 2.58. The van der Waals surface area contributed by atoms with Crippen LogP contribution in [0.15, 0.2) is 48.5 Å². The monoisotopic (exact) mass is 637 g/mol. The largest absolute Gasteiger partial charge is 0.481 e. The molecule has 2 aromatic carbocycles. The number of carbonyl (C=O) groups excluding carboxylic acids is 1. The molecule has 1 aliphatic heterocycles. The molecule has 1 saturated heterocycles. The number of rotatable bonds is 13. The molecule has 2 aliphatic rings. The number of carboxylic acids is 1. The molecule has 230 valence electrons. The second-order valence-electron chi connectivity index (χ2n) is 12.1. The number of amides is 1. The molecule has 2 aromatic rings. The predicted molar refractivity (Wildman–Crippen MR) is 166 cm³/mol. The van der Waals surface area contributed by atoms with Crippen LogP contribution in [-0.2, 0) is 19.6 Å². The Bertz CT molecular complexity index is 1380. The van der Waals surface area contributed by atoms with Crippen molar-refractivity contribution in [3.8, 4) is 0 Å². The van der Waals surface area contributed by atoms with E-state index in [-0.39, 0.29) is 30.0 Å². The molecule has 2 fully saturated rings. The lowest BCUT2D eigenvalue weighted by Gasteiger charge is -2.53. The van der Waals surface area contributed by atoms with Crippen LogP contribution in [0.4, 0.5) is 0 Å². The van der Waals surface area contributed by atoms with Crippen LogP contribution in [0.25, 0.3) is 0 Å². The van der Waals surface area contributed by atoms with E-state index in [1.807, 2.05) is 56.3 Å². The Hall–Kier alpha value is -2.17. The fourth-order valence-corrected chi connectivity index (χ4v) is 8.25. The molecule has 11 heteroatoms. The third kappa shape index (κ3) is 7.13. The van der Waals surface area contributed by atoms with Gasteiger partial charge in [-0.2, -0.15) is 0 Å². The lowest BCUT2D eigenvalue weighted by Crippen LogP contribution is -2.59. The van der Waals surface area contributed by atoms with Gasteiger partial charge in [0.2, 0.25) is 15.9 Å². The summed E-state index contributed by atoms with van der Waals surface area (Å²) < 4.78 is 27.7. The van der Waals surface area contributed by atoms with Gasteiger partial charge >= 0.3 is 5.97 Å². The van der Waals surface area contributed by atoms with Gasteiger partial charge in [-0.15, -0.1) is 0 Å². The van der Waals surface area contributed by atoms with E-state index in [0.29, 0.717) is 48.7 Å². The van der Waals surface area contributed by atoms with E-state index < -0.39 is 33.5 Å². The zero-order valence-corrected chi connectivity index (χ0v) is 27.0. The van der Waals surface area contributed by atoms with Crippen molar-refractivity contribution in [2.45, 2.75) is 68.7 Å². The zero-order chi connectivity index (χ0) is 30.8. The molecule has 4 atom stereocenters. The summed E-state index contributed by atoms with van der Waals surface area (Å²) in [7, 11) is 1.88. The fraction of sp³-hybridized carbons (Fsp3) is 0.548. The maximum Gasteiger partial charge on any atom is 0.304 e. The number of carbonyl (C=O) groups is 2. The number of hydrogen-bond donors (Lipinski definition) is 1. The predicted octanol–water partition coefficient (Wildman–Crippen LogP) is 5.67. The maximum absolute atomic E-state index is 14.9. The van der Waals surface area contributed by atoms with Gasteiger partial charge in [-0.25, -0.2) is 12.7 Å². The molecule has 1 saturated carbocycles. The Labute approximate surface area is 259 Å². The number of carboxylic acid groups (broad SMARTS) is 1. The van der Waals surface area contributed by atoms with E-state index in [1.165, 1.54) is 4.31 Å². The quantitative estimate of drug-likeness (QED) is 0.304. The van der Waals surface area contributed by atoms with Crippen LogP contribution < -0.4 is 0 Å². The molecule has 0 bridgehead atoms. The lowest BCUT2D eigenvalue weighted by atomic mass is 9.64. The number of benzene rings is 2. The number of halogens is 2. The minimum absolute atomic E-state index is 0.115. The fourth-order valence-electron chi connectivity index (χ4n) is 6.30. The minimum atomic E-state index is -3.50. The molecular formula is C31H41Cl2N3O5S. The molecular weight excluding hydrogens is 597 g/mol. The Kier molecular flexibility index (Phi) is 10.3. The van der Waals surface area contributed by atoms with E-state index in [4.69, 9.17) is 23.2 Å². The maximum atomic E-state index is 14.9.